The number of alkyl halides is 1. The number of aromatic nitrogens is 1. The molecule has 2 heterocycles. The molecular weight excluding hydrogens is 256 g/mol. The Bertz CT molecular complexity index is 582. The van der Waals surface area contributed by atoms with Gasteiger partial charge in [0, 0.05) is 24.3 Å². The lowest BCUT2D eigenvalue weighted by atomic mass is 9.94. The van der Waals surface area contributed by atoms with E-state index in [1.165, 1.54) is 11.3 Å². The minimum Gasteiger partial charge on any atom is -0.326 e. The first kappa shape index (κ1) is 12.5. The molecule has 0 radical (unpaired) electrons. The third kappa shape index (κ3) is 2.45. The number of rotatable bonds is 2. The summed E-state index contributed by atoms with van der Waals surface area (Å²) < 4.78 is 0. The maximum absolute atomic E-state index is 5.92. The van der Waals surface area contributed by atoms with Crippen molar-refractivity contribution >= 4 is 23.1 Å². The van der Waals surface area contributed by atoms with Crippen LogP contribution in [-0.2, 0) is 12.3 Å². The molecule has 1 aliphatic rings. The Morgan fingerprint density at radius 3 is 3.00 bits per heavy atom. The summed E-state index contributed by atoms with van der Waals surface area (Å²) in [6, 6.07) is 12.6. The van der Waals surface area contributed by atoms with Crippen molar-refractivity contribution in [2.24, 2.45) is 5.92 Å². The molecular formula is C16H17ClN2. The van der Waals surface area contributed by atoms with Crippen molar-refractivity contribution in [3.63, 3.8) is 0 Å². The summed E-state index contributed by atoms with van der Waals surface area (Å²) in [4.78, 5) is 6.82. The van der Waals surface area contributed by atoms with Crippen molar-refractivity contribution in [2.75, 3.05) is 11.4 Å². The number of fused-ring (bicyclic) bond motifs is 1. The molecule has 1 atom stereocenters. The van der Waals surface area contributed by atoms with E-state index in [9.17, 15) is 0 Å². The fraction of sp³-hybridized carbons (Fsp3) is 0.312. The van der Waals surface area contributed by atoms with Gasteiger partial charge in [0.15, 0.2) is 0 Å². The van der Waals surface area contributed by atoms with Gasteiger partial charge >= 0.3 is 0 Å². The lowest BCUT2D eigenvalue weighted by molar-refractivity contribution is 0.560. The monoisotopic (exact) mass is 272 g/mol. The number of halogens is 1. The molecule has 3 heteroatoms. The van der Waals surface area contributed by atoms with Crippen molar-refractivity contribution in [3.05, 3.63) is 53.7 Å². The van der Waals surface area contributed by atoms with Gasteiger partial charge in [-0.05, 0) is 41.7 Å². The van der Waals surface area contributed by atoms with Gasteiger partial charge in [-0.1, -0.05) is 25.1 Å². The van der Waals surface area contributed by atoms with E-state index in [4.69, 9.17) is 11.6 Å². The number of para-hydroxylation sites is 1. The van der Waals surface area contributed by atoms with Crippen LogP contribution in [0.3, 0.4) is 0 Å². The van der Waals surface area contributed by atoms with Crippen molar-refractivity contribution in [1.82, 2.24) is 4.98 Å². The van der Waals surface area contributed by atoms with E-state index >= 15 is 0 Å². The van der Waals surface area contributed by atoms with Crippen molar-refractivity contribution in [2.45, 2.75) is 19.2 Å². The highest BCUT2D eigenvalue weighted by Gasteiger charge is 2.23. The summed E-state index contributed by atoms with van der Waals surface area (Å²) >= 11 is 5.92. The average molecular weight is 273 g/mol. The molecule has 2 nitrogen and oxygen atoms in total. The van der Waals surface area contributed by atoms with Gasteiger partial charge < -0.3 is 4.90 Å². The number of anilines is 2. The largest absolute Gasteiger partial charge is 0.326 e. The van der Waals surface area contributed by atoms with Crippen LogP contribution in [0, 0.1) is 5.92 Å². The van der Waals surface area contributed by atoms with Crippen LogP contribution in [0.4, 0.5) is 11.5 Å². The van der Waals surface area contributed by atoms with E-state index < -0.39 is 0 Å². The molecule has 1 aromatic heterocycles. The van der Waals surface area contributed by atoms with Crippen LogP contribution in [-0.4, -0.2) is 11.5 Å². The van der Waals surface area contributed by atoms with Crippen LogP contribution in [0.2, 0.25) is 0 Å². The van der Waals surface area contributed by atoms with Crippen LogP contribution < -0.4 is 4.90 Å². The molecule has 0 bridgehead atoms. The molecule has 0 saturated heterocycles. The molecule has 0 fully saturated rings. The van der Waals surface area contributed by atoms with Gasteiger partial charge in [-0.25, -0.2) is 4.98 Å². The van der Waals surface area contributed by atoms with Gasteiger partial charge in [-0.2, -0.15) is 0 Å². The molecule has 3 rings (SSSR count). The van der Waals surface area contributed by atoms with Gasteiger partial charge in [0.1, 0.15) is 5.82 Å². The molecule has 0 saturated carbocycles. The molecule has 2 aromatic rings. The number of nitrogens with zero attached hydrogens (tertiary/aromatic N) is 2. The SMILES string of the molecule is CC1Cc2ccccc2N(c2cc(CCl)ccn2)C1. The standard InChI is InChI=1S/C16H17ClN2/c1-12-8-14-4-2-3-5-15(14)19(11-12)16-9-13(10-17)6-7-18-16/h2-7,9,12H,8,10-11H2,1H3. The van der Waals surface area contributed by atoms with Crippen LogP contribution in [0.15, 0.2) is 42.6 Å². The Hall–Kier alpha value is -1.54. The highest BCUT2D eigenvalue weighted by Crippen LogP contribution is 2.34. The van der Waals surface area contributed by atoms with Gasteiger partial charge in [0.2, 0.25) is 0 Å². The topological polar surface area (TPSA) is 16.1 Å². The molecule has 0 spiro atoms. The molecule has 98 valence electrons. The summed E-state index contributed by atoms with van der Waals surface area (Å²) in [6.07, 6.45) is 2.98. The fourth-order valence-corrected chi connectivity index (χ4v) is 2.87. The predicted octanol–water partition coefficient (Wildman–Crippen LogP) is 4.15. The lowest BCUT2D eigenvalue weighted by Gasteiger charge is -2.34. The highest BCUT2D eigenvalue weighted by molar-refractivity contribution is 6.17. The van der Waals surface area contributed by atoms with Crippen LogP contribution in [0.5, 0.6) is 0 Å². The number of hydrogen-bond acceptors (Lipinski definition) is 2. The van der Waals surface area contributed by atoms with Gasteiger partial charge in [0.05, 0.1) is 0 Å². The van der Waals surface area contributed by atoms with Gasteiger partial charge in [-0.3, -0.25) is 0 Å². The smallest absolute Gasteiger partial charge is 0.133 e. The molecule has 1 aromatic carbocycles. The van der Waals surface area contributed by atoms with Crippen LogP contribution >= 0.6 is 11.6 Å². The van der Waals surface area contributed by atoms with Crippen molar-refractivity contribution < 1.29 is 0 Å². The second-order valence-electron chi connectivity index (χ2n) is 5.20. The van der Waals surface area contributed by atoms with E-state index in [1.807, 2.05) is 12.3 Å². The third-order valence-corrected chi connectivity index (χ3v) is 3.89. The first-order valence-electron chi connectivity index (χ1n) is 6.64. The van der Waals surface area contributed by atoms with Crippen molar-refractivity contribution in [3.8, 4) is 0 Å². The lowest BCUT2D eigenvalue weighted by Crippen LogP contribution is -2.31. The summed E-state index contributed by atoms with van der Waals surface area (Å²) in [6.45, 7) is 3.30. The predicted molar refractivity (Wildman–Crippen MR) is 80.1 cm³/mol. The van der Waals surface area contributed by atoms with Crippen molar-refractivity contribution in [1.29, 1.82) is 0 Å². The van der Waals surface area contributed by atoms with Crippen LogP contribution in [0.25, 0.3) is 0 Å². The zero-order chi connectivity index (χ0) is 13.2. The van der Waals surface area contributed by atoms with E-state index in [0.29, 0.717) is 11.8 Å². The maximum Gasteiger partial charge on any atom is 0.133 e. The highest BCUT2D eigenvalue weighted by atomic mass is 35.5. The number of benzene rings is 1. The number of pyridine rings is 1. The van der Waals surface area contributed by atoms with E-state index in [-0.39, 0.29) is 0 Å². The third-order valence-electron chi connectivity index (χ3n) is 3.59. The molecule has 0 N–H and O–H groups in total. The second kappa shape index (κ2) is 5.22. The average Bonchev–Trinajstić information content (AvgIpc) is 2.46. The quantitative estimate of drug-likeness (QED) is 0.764. The minimum absolute atomic E-state index is 0.528. The van der Waals surface area contributed by atoms with E-state index in [2.05, 4.69) is 47.1 Å². The van der Waals surface area contributed by atoms with Gasteiger partial charge in [0.25, 0.3) is 0 Å². The Kier molecular flexibility index (Phi) is 3.43. The molecule has 19 heavy (non-hydrogen) atoms. The van der Waals surface area contributed by atoms with Gasteiger partial charge in [-0.15, -0.1) is 11.6 Å². The summed E-state index contributed by atoms with van der Waals surface area (Å²) in [5, 5.41) is 0. The Labute approximate surface area is 119 Å². The molecule has 1 unspecified atom stereocenters. The normalized spacial score (nSPS) is 18.2. The fourth-order valence-electron chi connectivity index (χ4n) is 2.70. The molecule has 1 aliphatic heterocycles. The Morgan fingerprint density at radius 1 is 1.32 bits per heavy atom. The first-order valence-corrected chi connectivity index (χ1v) is 7.17. The van der Waals surface area contributed by atoms with E-state index in [1.54, 1.807) is 0 Å². The maximum atomic E-state index is 5.92. The number of hydrogen-bond donors (Lipinski definition) is 0. The Morgan fingerprint density at radius 2 is 2.16 bits per heavy atom. The summed E-state index contributed by atoms with van der Waals surface area (Å²) in [7, 11) is 0. The minimum atomic E-state index is 0.528. The molecule has 0 aliphatic carbocycles. The molecule has 0 amide bonds. The zero-order valence-corrected chi connectivity index (χ0v) is 11.8. The summed E-state index contributed by atoms with van der Waals surface area (Å²) in [5.41, 5.74) is 3.79. The Balaban J connectivity index is 2.04. The van der Waals surface area contributed by atoms with E-state index in [0.717, 1.165) is 24.3 Å². The summed E-state index contributed by atoms with van der Waals surface area (Å²) in [5.74, 6) is 2.16. The second-order valence-corrected chi connectivity index (χ2v) is 5.47. The van der Waals surface area contributed by atoms with Crippen LogP contribution in [0.1, 0.15) is 18.1 Å². The zero-order valence-electron chi connectivity index (χ0n) is 11.0. The first-order chi connectivity index (χ1) is 9.28.